The van der Waals surface area contributed by atoms with Crippen molar-refractivity contribution in [3.8, 4) is 0 Å². The van der Waals surface area contributed by atoms with E-state index in [1.807, 2.05) is 0 Å². The lowest BCUT2D eigenvalue weighted by molar-refractivity contribution is 0.543. The molecule has 1 atom stereocenters. The maximum absolute atomic E-state index is 6.07. The van der Waals surface area contributed by atoms with Crippen molar-refractivity contribution in [1.82, 2.24) is 0 Å². The van der Waals surface area contributed by atoms with E-state index in [0.29, 0.717) is 0 Å². The molecule has 0 heterocycles. The summed E-state index contributed by atoms with van der Waals surface area (Å²) in [6, 6.07) is 0. The van der Waals surface area contributed by atoms with E-state index in [1.165, 1.54) is 6.42 Å². The molecule has 0 spiro atoms. The zero-order valence-corrected chi connectivity index (χ0v) is 10.9. The first kappa shape index (κ1) is 11.4. The van der Waals surface area contributed by atoms with Gasteiger partial charge in [-0.3, -0.25) is 0 Å². The van der Waals surface area contributed by atoms with Crippen LogP contribution in [-0.2, 0) is 4.12 Å². The van der Waals surface area contributed by atoms with Crippen LogP contribution < -0.4 is 0 Å². The van der Waals surface area contributed by atoms with Gasteiger partial charge in [-0.2, -0.15) is 0 Å². The highest BCUT2D eigenvalue weighted by Crippen LogP contribution is 2.25. The van der Waals surface area contributed by atoms with Gasteiger partial charge in [-0.05, 0) is 31.7 Å². The standard InChI is InChI=1S/C8H22OSi2/c1-7-8(2)11(5,6)9-10(3)4/h8,10H,7H2,1-6H3. The highest BCUT2D eigenvalue weighted by Gasteiger charge is 2.29. The van der Waals surface area contributed by atoms with E-state index in [2.05, 4.69) is 40.0 Å². The van der Waals surface area contributed by atoms with Gasteiger partial charge in [0.1, 0.15) is 0 Å². The van der Waals surface area contributed by atoms with Crippen LogP contribution in [0.5, 0.6) is 0 Å². The van der Waals surface area contributed by atoms with Gasteiger partial charge in [-0.15, -0.1) is 0 Å². The van der Waals surface area contributed by atoms with Crippen molar-refractivity contribution >= 4 is 17.4 Å². The summed E-state index contributed by atoms with van der Waals surface area (Å²) in [5.74, 6) is 0. The first-order valence-electron chi connectivity index (χ1n) is 4.58. The molecule has 11 heavy (non-hydrogen) atoms. The molecule has 0 aromatic heterocycles. The van der Waals surface area contributed by atoms with Crippen LogP contribution in [-0.4, -0.2) is 17.4 Å². The summed E-state index contributed by atoms with van der Waals surface area (Å²) in [7, 11) is -2.11. The summed E-state index contributed by atoms with van der Waals surface area (Å²) in [6.07, 6.45) is 1.26. The lowest BCUT2D eigenvalue weighted by Gasteiger charge is -2.31. The molecule has 0 rings (SSSR count). The van der Waals surface area contributed by atoms with Crippen LogP contribution in [0.25, 0.3) is 0 Å². The Morgan fingerprint density at radius 1 is 1.36 bits per heavy atom. The van der Waals surface area contributed by atoms with Crippen molar-refractivity contribution in [3.63, 3.8) is 0 Å². The van der Waals surface area contributed by atoms with Crippen molar-refractivity contribution in [1.29, 1.82) is 0 Å². The van der Waals surface area contributed by atoms with Crippen LogP contribution in [0.2, 0.25) is 31.7 Å². The van der Waals surface area contributed by atoms with Crippen molar-refractivity contribution in [3.05, 3.63) is 0 Å². The summed E-state index contributed by atoms with van der Waals surface area (Å²) in [6.45, 7) is 13.8. The topological polar surface area (TPSA) is 9.23 Å². The van der Waals surface area contributed by atoms with Gasteiger partial charge in [0.25, 0.3) is 0 Å². The van der Waals surface area contributed by atoms with E-state index in [-0.39, 0.29) is 0 Å². The Hall–Kier alpha value is 0.394. The Kier molecular flexibility index (Phi) is 4.59. The lowest BCUT2D eigenvalue weighted by atomic mass is 10.4. The molecule has 1 nitrogen and oxygen atoms in total. The minimum Gasteiger partial charge on any atom is -0.458 e. The molecule has 0 aliphatic heterocycles. The fraction of sp³-hybridized carbons (Fsp3) is 1.00. The Balaban J connectivity index is 3.98. The molecule has 3 heteroatoms. The molecule has 1 unspecified atom stereocenters. The van der Waals surface area contributed by atoms with Gasteiger partial charge in [0.05, 0.1) is 0 Å². The fourth-order valence-electron chi connectivity index (χ4n) is 1.22. The van der Waals surface area contributed by atoms with Crippen molar-refractivity contribution in [2.45, 2.75) is 52.0 Å². The van der Waals surface area contributed by atoms with Gasteiger partial charge in [0, 0.05) is 0 Å². The van der Waals surface area contributed by atoms with E-state index >= 15 is 0 Å². The van der Waals surface area contributed by atoms with Crippen LogP contribution >= 0.6 is 0 Å². The minimum atomic E-state index is -1.31. The molecule has 0 N–H and O–H groups in total. The normalized spacial score (nSPS) is 15.5. The number of hydrogen-bond donors (Lipinski definition) is 0. The largest absolute Gasteiger partial charge is 0.458 e. The predicted molar refractivity (Wildman–Crippen MR) is 57.2 cm³/mol. The van der Waals surface area contributed by atoms with Crippen LogP contribution in [0.4, 0.5) is 0 Å². The first-order chi connectivity index (χ1) is 4.90. The maximum Gasteiger partial charge on any atom is 0.176 e. The molecule has 0 saturated heterocycles. The smallest absolute Gasteiger partial charge is 0.176 e. The fourth-order valence-corrected chi connectivity index (χ4v) is 7.99. The molecule has 0 radical (unpaired) electrons. The van der Waals surface area contributed by atoms with Gasteiger partial charge >= 0.3 is 0 Å². The molecule has 0 saturated carbocycles. The monoisotopic (exact) mass is 190 g/mol. The Labute approximate surface area is 74.0 Å². The van der Waals surface area contributed by atoms with Gasteiger partial charge in [0.15, 0.2) is 17.4 Å². The Morgan fingerprint density at radius 2 is 1.82 bits per heavy atom. The number of rotatable bonds is 4. The second kappa shape index (κ2) is 4.43. The minimum absolute atomic E-state index is 0.803. The lowest BCUT2D eigenvalue weighted by Crippen LogP contribution is -2.39. The van der Waals surface area contributed by atoms with E-state index in [1.54, 1.807) is 0 Å². The third kappa shape index (κ3) is 4.08. The highest BCUT2D eigenvalue weighted by atomic mass is 28.4. The summed E-state index contributed by atoms with van der Waals surface area (Å²) in [4.78, 5) is 0. The average molecular weight is 190 g/mol. The van der Waals surface area contributed by atoms with Crippen molar-refractivity contribution in [2.24, 2.45) is 0 Å². The SMILES string of the molecule is CCC(C)[Si](C)(C)O[SiH](C)C. The third-order valence-electron chi connectivity index (χ3n) is 2.34. The summed E-state index contributed by atoms with van der Waals surface area (Å²) in [5, 5.41) is 0. The highest BCUT2D eigenvalue weighted by molar-refractivity contribution is 6.78. The van der Waals surface area contributed by atoms with E-state index < -0.39 is 17.4 Å². The van der Waals surface area contributed by atoms with E-state index in [4.69, 9.17) is 4.12 Å². The van der Waals surface area contributed by atoms with E-state index in [0.717, 1.165) is 5.54 Å². The Bertz CT molecular complexity index is 113. The van der Waals surface area contributed by atoms with Crippen molar-refractivity contribution < 1.29 is 4.12 Å². The van der Waals surface area contributed by atoms with Gasteiger partial charge in [0.2, 0.25) is 0 Å². The number of hydrogen-bond acceptors (Lipinski definition) is 1. The molecule has 0 bridgehead atoms. The molecule has 0 aromatic rings. The Morgan fingerprint density at radius 3 is 2.09 bits per heavy atom. The molecule has 0 aliphatic carbocycles. The molecular weight excluding hydrogens is 168 g/mol. The van der Waals surface area contributed by atoms with Crippen LogP contribution in [0.3, 0.4) is 0 Å². The second-order valence-electron chi connectivity index (χ2n) is 4.08. The molecule has 0 aromatic carbocycles. The van der Waals surface area contributed by atoms with Gasteiger partial charge < -0.3 is 4.12 Å². The molecule has 0 aliphatic rings. The first-order valence-corrected chi connectivity index (χ1v) is 10.3. The summed E-state index contributed by atoms with van der Waals surface area (Å²) in [5.41, 5.74) is 0.803. The van der Waals surface area contributed by atoms with Crippen LogP contribution in [0.15, 0.2) is 0 Å². The van der Waals surface area contributed by atoms with Crippen LogP contribution in [0.1, 0.15) is 20.3 Å². The van der Waals surface area contributed by atoms with Crippen LogP contribution in [0, 0.1) is 0 Å². The van der Waals surface area contributed by atoms with Crippen molar-refractivity contribution in [2.75, 3.05) is 0 Å². The zero-order valence-electron chi connectivity index (χ0n) is 8.77. The third-order valence-corrected chi connectivity index (χ3v) is 9.44. The second-order valence-corrected chi connectivity index (χ2v) is 11.3. The summed E-state index contributed by atoms with van der Waals surface area (Å²) >= 11 is 0. The van der Waals surface area contributed by atoms with E-state index in [9.17, 15) is 0 Å². The molecule has 0 amide bonds. The average Bonchev–Trinajstić information content (AvgIpc) is 1.83. The quantitative estimate of drug-likeness (QED) is 0.619. The molecule has 68 valence electrons. The summed E-state index contributed by atoms with van der Waals surface area (Å²) < 4.78 is 6.07. The maximum atomic E-state index is 6.07. The van der Waals surface area contributed by atoms with Gasteiger partial charge in [-0.25, -0.2) is 0 Å². The predicted octanol–water partition coefficient (Wildman–Crippen LogP) is 2.99. The van der Waals surface area contributed by atoms with Gasteiger partial charge in [-0.1, -0.05) is 20.3 Å². The molecule has 0 fully saturated rings. The molecular formula is C8H22OSi2. The zero-order chi connectivity index (χ0) is 9.07.